The van der Waals surface area contributed by atoms with E-state index >= 15 is 0 Å². The molecule has 2 heterocycles. The van der Waals surface area contributed by atoms with Crippen LogP contribution in [0.5, 0.6) is 0 Å². The summed E-state index contributed by atoms with van der Waals surface area (Å²) in [6, 6.07) is 0.473. The minimum absolute atomic E-state index is 0.0284. The first-order valence-corrected chi connectivity index (χ1v) is 7.88. The predicted octanol–water partition coefficient (Wildman–Crippen LogP) is 3.22. The Morgan fingerprint density at radius 1 is 1.45 bits per heavy atom. The van der Waals surface area contributed by atoms with Crippen LogP contribution in [-0.2, 0) is 6.54 Å². The van der Waals surface area contributed by atoms with Crippen molar-refractivity contribution in [1.82, 2.24) is 15.1 Å². The number of rotatable bonds is 4. The lowest BCUT2D eigenvalue weighted by atomic mass is 10.1. The lowest BCUT2D eigenvalue weighted by Gasteiger charge is -2.19. The quantitative estimate of drug-likeness (QED) is 0.926. The fraction of sp³-hybridized carbons (Fsp3) is 0.769. The number of aryl methyl sites for hydroxylation is 1. The van der Waals surface area contributed by atoms with Crippen LogP contribution < -0.4 is 5.32 Å². The largest absolute Gasteiger partial charge is 0.408 e. The Morgan fingerprint density at radius 2 is 2.15 bits per heavy atom. The molecule has 1 saturated heterocycles. The van der Waals surface area contributed by atoms with E-state index in [1.807, 2.05) is 18.7 Å². The highest BCUT2D eigenvalue weighted by Gasteiger charge is 2.31. The Labute approximate surface area is 121 Å². The molecule has 0 unspecified atom stereocenters. The van der Waals surface area contributed by atoms with Gasteiger partial charge in [0, 0.05) is 29.1 Å². The normalized spacial score (nSPS) is 21.4. The van der Waals surface area contributed by atoms with Gasteiger partial charge in [-0.25, -0.2) is 0 Å². The van der Waals surface area contributed by atoms with Gasteiger partial charge in [0.2, 0.25) is 0 Å². The van der Waals surface area contributed by atoms with E-state index in [1.165, 1.54) is 0 Å². The van der Waals surface area contributed by atoms with Crippen LogP contribution in [0.15, 0.2) is 0 Å². The van der Waals surface area contributed by atoms with Gasteiger partial charge in [-0.2, -0.15) is 30.0 Å². The molecule has 114 valence electrons. The van der Waals surface area contributed by atoms with Crippen LogP contribution in [0.25, 0.3) is 0 Å². The van der Waals surface area contributed by atoms with Crippen molar-refractivity contribution in [3.05, 3.63) is 17.0 Å². The molecule has 3 nitrogen and oxygen atoms in total. The minimum atomic E-state index is -4.24. The highest BCUT2D eigenvalue weighted by atomic mass is 32.2. The molecule has 1 fully saturated rings. The Morgan fingerprint density at radius 3 is 2.70 bits per heavy atom. The number of hydrogen-bond donors (Lipinski definition) is 1. The number of thioether (sulfide) groups is 1. The smallest absolute Gasteiger partial charge is 0.306 e. The van der Waals surface area contributed by atoms with Gasteiger partial charge in [0.05, 0.1) is 5.69 Å². The zero-order chi connectivity index (χ0) is 14.9. The van der Waals surface area contributed by atoms with Crippen molar-refractivity contribution in [3.63, 3.8) is 0 Å². The van der Waals surface area contributed by atoms with Crippen molar-refractivity contribution in [1.29, 1.82) is 0 Å². The van der Waals surface area contributed by atoms with Crippen LogP contribution in [0.3, 0.4) is 0 Å². The summed E-state index contributed by atoms with van der Waals surface area (Å²) in [6.07, 6.45) is -3.12. The molecule has 0 saturated carbocycles. The van der Waals surface area contributed by atoms with Gasteiger partial charge in [-0.3, -0.25) is 4.68 Å². The first-order chi connectivity index (χ1) is 9.28. The number of alkyl halides is 3. The van der Waals surface area contributed by atoms with E-state index in [0.29, 0.717) is 17.4 Å². The highest BCUT2D eigenvalue weighted by Crippen LogP contribution is 2.27. The van der Waals surface area contributed by atoms with Crippen molar-refractivity contribution in [2.24, 2.45) is 0 Å². The van der Waals surface area contributed by atoms with E-state index in [0.717, 1.165) is 28.2 Å². The van der Waals surface area contributed by atoms with E-state index < -0.39 is 12.7 Å². The SMILES string of the molecule is Cc1nn(CC(F)(F)F)c(C)c1[C@H](C)N[C@@H]1CCSC1. The second-order valence-electron chi connectivity index (χ2n) is 5.31. The van der Waals surface area contributed by atoms with Gasteiger partial charge in [0.1, 0.15) is 6.54 Å². The maximum absolute atomic E-state index is 12.5. The Bertz CT molecular complexity index is 464. The average Bonchev–Trinajstić information content (AvgIpc) is 2.86. The molecule has 2 rings (SSSR count). The van der Waals surface area contributed by atoms with Crippen molar-refractivity contribution in [2.45, 2.75) is 52.0 Å². The van der Waals surface area contributed by atoms with Crippen LogP contribution in [0.1, 0.15) is 36.3 Å². The van der Waals surface area contributed by atoms with E-state index in [9.17, 15) is 13.2 Å². The fourth-order valence-electron chi connectivity index (χ4n) is 2.76. The molecule has 1 aliphatic rings. The van der Waals surface area contributed by atoms with Gasteiger partial charge in [-0.05, 0) is 32.9 Å². The van der Waals surface area contributed by atoms with Crippen LogP contribution in [-0.4, -0.2) is 33.5 Å². The summed E-state index contributed by atoms with van der Waals surface area (Å²) in [5, 5.41) is 7.54. The van der Waals surface area contributed by atoms with Gasteiger partial charge >= 0.3 is 6.18 Å². The molecule has 1 aromatic rings. The van der Waals surface area contributed by atoms with Gasteiger partial charge in [0.15, 0.2) is 0 Å². The molecule has 0 bridgehead atoms. The van der Waals surface area contributed by atoms with Gasteiger partial charge in [-0.1, -0.05) is 0 Å². The molecule has 2 atom stereocenters. The topological polar surface area (TPSA) is 29.9 Å². The Kier molecular flexibility index (Phi) is 4.69. The molecule has 0 aliphatic carbocycles. The predicted molar refractivity (Wildman–Crippen MR) is 75.0 cm³/mol. The molecular weight excluding hydrogens is 287 g/mol. The number of aromatic nitrogens is 2. The Balaban J connectivity index is 2.14. The van der Waals surface area contributed by atoms with E-state index in [-0.39, 0.29) is 6.04 Å². The van der Waals surface area contributed by atoms with E-state index in [4.69, 9.17) is 0 Å². The summed E-state index contributed by atoms with van der Waals surface area (Å²) in [6.45, 7) is 4.46. The molecule has 0 amide bonds. The number of hydrogen-bond acceptors (Lipinski definition) is 3. The standard InChI is InChI=1S/C13H20F3N3S/c1-8(17-11-4-5-20-6-11)12-9(2)18-19(10(12)3)7-13(14,15)16/h8,11,17H,4-7H2,1-3H3/t8-,11+/m0/s1. The lowest BCUT2D eigenvalue weighted by Crippen LogP contribution is -2.31. The van der Waals surface area contributed by atoms with Crippen LogP contribution in [0, 0.1) is 13.8 Å². The van der Waals surface area contributed by atoms with E-state index in [2.05, 4.69) is 10.4 Å². The Hall–Kier alpha value is -0.690. The van der Waals surface area contributed by atoms with Crippen molar-refractivity contribution < 1.29 is 13.2 Å². The highest BCUT2D eigenvalue weighted by molar-refractivity contribution is 7.99. The molecule has 1 N–H and O–H groups in total. The molecule has 1 aliphatic heterocycles. The van der Waals surface area contributed by atoms with Crippen molar-refractivity contribution in [3.8, 4) is 0 Å². The number of nitrogens with one attached hydrogen (secondary N) is 1. The maximum atomic E-state index is 12.5. The molecule has 1 aromatic heterocycles. The first kappa shape index (κ1) is 15.7. The lowest BCUT2D eigenvalue weighted by molar-refractivity contribution is -0.142. The fourth-order valence-corrected chi connectivity index (χ4v) is 3.93. The molecule has 0 aromatic carbocycles. The average molecular weight is 307 g/mol. The van der Waals surface area contributed by atoms with Crippen LogP contribution >= 0.6 is 11.8 Å². The van der Waals surface area contributed by atoms with Gasteiger partial charge in [-0.15, -0.1) is 0 Å². The van der Waals surface area contributed by atoms with Gasteiger partial charge < -0.3 is 5.32 Å². The zero-order valence-electron chi connectivity index (χ0n) is 11.9. The molecular formula is C13H20F3N3S. The monoisotopic (exact) mass is 307 g/mol. The summed E-state index contributed by atoms with van der Waals surface area (Å²) in [4.78, 5) is 0. The second-order valence-corrected chi connectivity index (χ2v) is 6.46. The maximum Gasteiger partial charge on any atom is 0.408 e. The first-order valence-electron chi connectivity index (χ1n) is 6.72. The molecule has 0 radical (unpaired) electrons. The van der Waals surface area contributed by atoms with E-state index in [1.54, 1.807) is 13.8 Å². The summed E-state index contributed by atoms with van der Waals surface area (Å²) >= 11 is 1.91. The van der Waals surface area contributed by atoms with Gasteiger partial charge in [0.25, 0.3) is 0 Å². The minimum Gasteiger partial charge on any atom is -0.306 e. The number of halogens is 3. The molecule has 20 heavy (non-hydrogen) atoms. The number of nitrogens with zero attached hydrogens (tertiary/aromatic N) is 2. The second kappa shape index (κ2) is 5.97. The molecule has 7 heteroatoms. The summed E-state index contributed by atoms with van der Waals surface area (Å²) in [5.74, 6) is 2.22. The third-order valence-corrected chi connectivity index (χ3v) is 4.78. The third kappa shape index (κ3) is 3.69. The summed E-state index contributed by atoms with van der Waals surface area (Å²) in [7, 11) is 0. The summed E-state index contributed by atoms with van der Waals surface area (Å²) in [5.41, 5.74) is 2.18. The van der Waals surface area contributed by atoms with Crippen LogP contribution in [0.4, 0.5) is 13.2 Å². The summed E-state index contributed by atoms with van der Waals surface area (Å²) < 4.78 is 38.6. The molecule has 0 spiro atoms. The van der Waals surface area contributed by atoms with Crippen molar-refractivity contribution >= 4 is 11.8 Å². The third-order valence-electron chi connectivity index (χ3n) is 3.61. The van der Waals surface area contributed by atoms with Crippen molar-refractivity contribution in [2.75, 3.05) is 11.5 Å². The zero-order valence-corrected chi connectivity index (χ0v) is 12.7. The van der Waals surface area contributed by atoms with Crippen LogP contribution in [0.2, 0.25) is 0 Å².